The van der Waals surface area contributed by atoms with E-state index in [-0.39, 0.29) is 5.91 Å². The molecular weight excluding hydrogens is 388 g/mol. The minimum Gasteiger partial charge on any atom is -0.497 e. The Labute approximate surface area is 181 Å². The van der Waals surface area contributed by atoms with Crippen LogP contribution in [0.4, 0.5) is 0 Å². The summed E-state index contributed by atoms with van der Waals surface area (Å²) in [6.07, 6.45) is 2.37. The first-order valence-electron chi connectivity index (χ1n) is 10.3. The molecule has 2 aromatic heterocycles. The van der Waals surface area contributed by atoms with Crippen LogP contribution in [0.15, 0.2) is 54.7 Å². The molecule has 0 spiro atoms. The fraction of sp³-hybridized carbons (Fsp3) is 0.240. The Bertz CT molecular complexity index is 1230. The Balaban J connectivity index is 1.56. The number of ether oxygens (including phenoxy) is 1. The summed E-state index contributed by atoms with van der Waals surface area (Å²) in [4.78, 5) is 17.5. The van der Waals surface area contributed by atoms with Gasteiger partial charge in [-0.25, -0.2) is 9.50 Å². The summed E-state index contributed by atoms with van der Waals surface area (Å²) in [7, 11) is 1.63. The normalized spacial score (nSPS) is 11.0. The molecule has 6 heteroatoms. The summed E-state index contributed by atoms with van der Waals surface area (Å²) in [6.45, 7) is 6.52. The van der Waals surface area contributed by atoms with Crippen molar-refractivity contribution in [3.05, 3.63) is 93.9 Å². The smallest absolute Gasteiger partial charge is 0.257 e. The average molecular weight is 415 g/mol. The van der Waals surface area contributed by atoms with E-state index in [1.54, 1.807) is 17.8 Å². The number of benzene rings is 2. The van der Waals surface area contributed by atoms with Crippen molar-refractivity contribution in [3.63, 3.8) is 0 Å². The number of nitrogens with one attached hydrogen (secondary N) is 1. The maximum atomic E-state index is 12.8. The Hall–Kier alpha value is -3.67. The lowest BCUT2D eigenvalue weighted by Gasteiger charge is -2.12. The molecular formula is C25H26N4O2. The van der Waals surface area contributed by atoms with E-state index in [9.17, 15) is 4.79 Å². The van der Waals surface area contributed by atoms with E-state index in [0.717, 1.165) is 34.7 Å². The van der Waals surface area contributed by atoms with E-state index >= 15 is 0 Å². The summed E-state index contributed by atoms with van der Waals surface area (Å²) in [5.74, 6) is 0.595. The van der Waals surface area contributed by atoms with Gasteiger partial charge in [0.25, 0.3) is 5.91 Å². The Morgan fingerprint density at radius 2 is 1.68 bits per heavy atom. The SMILES string of the molecule is COc1ccc(CNC(=O)c2cnn3c(C)c(Cc4ccc(C)cc4)c(C)nc23)cc1. The zero-order valence-corrected chi connectivity index (χ0v) is 18.3. The van der Waals surface area contributed by atoms with Gasteiger partial charge in [-0.05, 0) is 49.6 Å². The van der Waals surface area contributed by atoms with Crippen molar-refractivity contribution in [1.29, 1.82) is 0 Å². The van der Waals surface area contributed by atoms with Crippen molar-refractivity contribution in [1.82, 2.24) is 19.9 Å². The molecule has 1 amide bonds. The third-order valence-electron chi connectivity index (χ3n) is 5.57. The summed E-state index contributed by atoms with van der Waals surface area (Å²) in [5, 5.41) is 7.41. The maximum Gasteiger partial charge on any atom is 0.257 e. The van der Waals surface area contributed by atoms with Crippen molar-refractivity contribution in [2.45, 2.75) is 33.7 Å². The number of fused-ring (bicyclic) bond motifs is 1. The average Bonchev–Trinajstić information content (AvgIpc) is 3.20. The number of methoxy groups -OCH3 is 1. The van der Waals surface area contributed by atoms with Crippen LogP contribution in [0, 0.1) is 20.8 Å². The molecule has 1 N–H and O–H groups in total. The van der Waals surface area contributed by atoms with Gasteiger partial charge in [-0.1, -0.05) is 42.0 Å². The minimum absolute atomic E-state index is 0.191. The Morgan fingerprint density at radius 1 is 1.00 bits per heavy atom. The number of amides is 1. The highest BCUT2D eigenvalue weighted by molar-refractivity contribution is 5.99. The number of carbonyl (C=O) groups excluding carboxylic acids is 1. The van der Waals surface area contributed by atoms with Gasteiger partial charge in [0, 0.05) is 24.4 Å². The highest BCUT2D eigenvalue weighted by Gasteiger charge is 2.18. The quantitative estimate of drug-likeness (QED) is 0.514. The molecule has 158 valence electrons. The third kappa shape index (κ3) is 4.28. The van der Waals surface area contributed by atoms with E-state index in [1.807, 2.05) is 38.1 Å². The summed E-state index contributed by atoms with van der Waals surface area (Å²) < 4.78 is 6.93. The molecule has 0 fully saturated rings. The molecule has 2 heterocycles. The maximum absolute atomic E-state index is 12.8. The third-order valence-corrected chi connectivity index (χ3v) is 5.57. The van der Waals surface area contributed by atoms with Crippen LogP contribution in [0.5, 0.6) is 5.75 Å². The van der Waals surface area contributed by atoms with Gasteiger partial charge >= 0.3 is 0 Å². The van der Waals surface area contributed by atoms with Gasteiger partial charge in [-0.15, -0.1) is 0 Å². The van der Waals surface area contributed by atoms with Gasteiger partial charge in [0.1, 0.15) is 11.3 Å². The van der Waals surface area contributed by atoms with Crippen LogP contribution < -0.4 is 10.1 Å². The van der Waals surface area contributed by atoms with Gasteiger partial charge in [0.05, 0.1) is 13.3 Å². The van der Waals surface area contributed by atoms with Crippen molar-refractivity contribution in [2.24, 2.45) is 0 Å². The van der Waals surface area contributed by atoms with Crippen LogP contribution >= 0.6 is 0 Å². The second kappa shape index (κ2) is 8.60. The highest BCUT2D eigenvalue weighted by Crippen LogP contribution is 2.21. The molecule has 0 unspecified atom stereocenters. The zero-order valence-electron chi connectivity index (χ0n) is 18.3. The lowest BCUT2D eigenvalue weighted by atomic mass is 10.0. The van der Waals surface area contributed by atoms with Crippen LogP contribution in [0.1, 0.15) is 44.0 Å². The predicted molar refractivity (Wildman–Crippen MR) is 121 cm³/mol. The van der Waals surface area contributed by atoms with E-state index in [1.165, 1.54) is 11.1 Å². The van der Waals surface area contributed by atoms with Gasteiger partial charge in [0.15, 0.2) is 5.65 Å². The molecule has 0 bridgehead atoms. The molecule has 0 saturated heterocycles. The fourth-order valence-corrected chi connectivity index (χ4v) is 3.66. The van der Waals surface area contributed by atoms with Crippen molar-refractivity contribution >= 4 is 11.6 Å². The van der Waals surface area contributed by atoms with Gasteiger partial charge in [-0.3, -0.25) is 4.79 Å². The Kier molecular flexibility index (Phi) is 5.71. The van der Waals surface area contributed by atoms with E-state index in [4.69, 9.17) is 9.72 Å². The van der Waals surface area contributed by atoms with Crippen LogP contribution in [0.3, 0.4) is 0 Å². The molecule has 4 rings (SSSR count). The van der Waals surface area contributed by atoms with Crippen LogP contribution in [0.2, 0.25) is 0 Å². The van der Waals surface area contributed by atoms with Crippen molar-refractivity contribution in [3.8, 4) is 5.75 Å². The van der Waals surface area contributed by atoms with Crippen LogP contribution in [-0.2, 0) is 13.0 Å². The molecule has 0 saturated carbocycles. The molecule has 31 heavy (non-hydrogen) atoms. The molecule has 0 aliphatic carbocycles. The largest absolute Gasteiger partial charge is 0.497 e. The lowest BCUT2D eigenvalue weighted by molar-refractivity contribution is 0.0952. The Morgan fingerprint density at radius 3 is 2.35 bits per heavy atom. The van der Waals surface area contributed by atoms with E-state index in [2.05, 4.69) is 41.6 Å². The number of aromatic nitrogens is 3. The van der Waals surface area contributed by atoms with E-state index < -0.39 is 0 Å². The molecule has 0 radical (unpaired) electrons. The predicted octanol–water partition coefficient (Wildman–Crippen LogP) is 4.18. The molecule has 6 nitrogen and oxygen atoms in total. The first-order chi connectivity index (χ1) is 15.0. The number of hydrogen-bond acceptors (Lipinski definition) is 4. The van der Waals surface area contributed by atoms with Crippen LogP contribution in [-0.4, -0.2) is 27.6 Å². The summed E-state index contributed by atoms with van der Waals surface area (Å²) >= 11 is 0. The highest BCUT2D eigenvalue weighted by atomic mass is 16.5. The number of hydrogen-bond donors (Lipinski definition) is 1. The van der Waals surface area contributed by atoms with Crippen LogP contribution in [0.25, 0.3) is 5.65 Å². The fourth-order valence-electron chi connectivity index (χ4n) is 3.66. The second-order valence-electron chi connectivity index (χ2n) is 7.75. The number of nitrogens with zero attached hydrogens (tertiary/aromatic N) is 3. The van der Waals surface area contributed by atoms with E-state index in [0.29, 0.717) is 17.8 Å². The molecule has 0 atom stereocenters. The summed E-state index contributed by atoms with van der Waals surface area (Å²) in [5.41, 5.74) is 7.55. The monoisotopic (exact) mass is 414 g/mol. The van der Waals surface area contributed by atoms with Gasteiger partial charge in [0.2, 0.25) is 0 Å². The molecule has 2 aromatic carbocycles. The second-order valence-corrected chi connectivity index (χ2v) is 7.75. The van der Waals surface area contributed by atoms with Gasteiger partial charge < -0.3 is 10.1 Å². The molecule has 0 aliphatic heterocycles. The first kappa shape index (κ1) is 20.6. The van der Waals surface area contributed by atoms with Gasteiger partial charge in [-0.2, -0.15) is 5.10 Å². The summed E-state index contributed by atoms with van der Waals surface area (Å²) in [6, 6.07) is 16.1. The van der Waals surface area contributed by atoms with Crippen molar-refractivity contribution < 1.29 is 9.53 Å². The molecule has 4 aromatic rings. The number of rotatable bonds is 6. The molecule has 0 aliphatic rings. The zero-order chi connectivity index (χ0) is 22.0. The first-order valence-corrected chi connectivity index (χ1v) is 10.3. The standard InChI is InChI=1S/C25H26N4O2/c1-16-5-7-19(8-6-16)13-22-17(2)28-24-23(15-27-29(24)18(22)3)25(30)26-14-20-9-11-21(31-4)12-10-20/h5-12,15H,13-14H2,1-4H3,(H,26,30). The lowest BCUT2D eigenvalue weighted by Crippen LogP contribution is -2.23. The number of carbonyl (C=O) groups is 1. The topological polar surface area (TPSA) is 68.5 Å². The van der Waals surface area contributed by atoms with Crippen molar-refractivity contribution in [2.75, 3.05) is 7.11 Å². The minimum atomic E-state index is -0.191. The number of aryl methyl sites for hydroxylation is 3.